The minimum absolute atomic E-state index is 0.275. The van der Waals surface area contributed by atoms with E-state index >= 15 is 0 Å². The standard InChI is InChI=1S/C22H25NO2/c1-2-20(23-15-9-14-19(16-23)22(24)25)21(17-10-5-3-6-11-17)18-12-7-4-8-13-18/h3-8,10-13,19H,2,9,14-16H2,1H3,(H,24,25)/t19-/m1/s1. The maximum Gasteiger partial charge on any atom is 0.308 e. The maximum atomic E-state index is 11.5. The van der Waals surface area contributed by atoms with Crippen LogP contribution in [0.2, 0.25) is 0 Å². The first-order chi connectivity index (χ1) is 12.2. The van der Waals surface area contributed by atoms with Crippen molar-refractivity contribution in [1.29, 1.82) is 0 Å². The fraction of sp³-hybridized carbons (Fsp3) is 0.318. The number of likely N-dealkylation sites (tertiary alicyclic amines) is 1. The van der Waals surface area contributed by atoms with Gasteiger partial charge in [-0.05, 0) is 30.4 Å². The molecule has 1 aliphatic heterocycles. The van der Waals surface area contributed by atoms with Crippen LogP contribution >= 0.6 is 0 Å². The molecule has 1 heterocycles. The van der Waals surface area contributed by atoms with Gasteiger partial charge in [0, 0.05) is 24.4 Å². The predicted octanol–water partition coefficient (Wildman–Crippen LogP) is 4.65. The highest BCUT2D eigenvalue weighted by molar-refractivity contribution is 5.82. The fourth-order valence-corrected chi connectivity index (χ4v) is 3.69. The van der Waals surface area contributed by atoms with E-state index in [4.69, 9.17) is 0 Å². The molecule has 3 nitrogen and oxygen atoms in total. The van der Waals surface area contributed by atoms with Crippen LogP contribution in [0.5, 0.6) is 0 Å². The molecule has 0 bridgehead atoms. The van der Waals surface area contributed by atoms with E-state index in [9.17, 15) is 9.90 Å². The molecule has 130 valence electrons. The molecule has 1 atom stereocenters. The highest BCUT2D eigenvalue weighted by Crippen LogP contribution is 2.32. The van der Waals surface area contributed by atoms with Crippen molar-refractivity contribution >= 4 is 11.5 Å². The Morgan fingerprint density at radius 2 is 1.60 bits per heavy atom. The lowest BCUT2D eigenvalue weighted by molar-refractivity contribution is -0.143. The Bertz CT molecular complexity index is 696. The van der Waals surface area contributed by atoms with Gasteiger partial charge in [-0.3, -0.25) is 4.79 Å². The van der Waals surface area contributed by atoms with Crippen molar-refractivity contribution in [3.8, 4) is 0 Å². The van der Waals surface area contributed by atoms with Crippen molar-refractivity contribution in [3.63, 3.8) is 0 Å². The van der Waals surface area contributed by atoms with Crippen LogP contribution < -0.4 is 0 Å². The van der Waals surface area contributed by atoms with Crippen molar-refractivity contribution in [2.24, 2.45) is 5.92 Å². The van der Waals surface area contributed by atoms with Crippen LogP contribution in [-0.4, -0.2) is 29.1 Å². The molecule has 2 aromatic rings. The minimum Gasteiger partial charge on any atom is -0.481 e. The molecule has 0 amide bonds. The van der Waals surface area contributed by atoms with Gasteiger partial charge in [0.2, 0.25) is 0 Å². The molecular weight excluding hydrogens is 310 g/mol. The smallest absolute Gasteiger partial charge is 0.308 e. The van der Waals surface area contributed by atoms with E-state index in [1.54, 1.807) is 0 Å². The third kappa shape index (κ3) is 3.93. The predicted molar refractivity (Wildman–Crippen MR) is 101 cm³/mol. The quantitative estimate of drug-likeness (QED) is 0.864. The second kappa shape index (κ2) is 8.02. The van der Waals surface area contributed by atoms with E-state index in [0.717, 1.165) is 25.8 Å². The van der Waals surface area contributed by atoms with Crippen LogP contribution in [0.1, 0.15) is 37.3 Å². The van der Waals surface area contributed by atoms with Gasteiger partial charge in [0.25, 0.3) is 0 Å². The number of nitrogens with zero attached hydrogens (tertiary/aromatic N) is 1. The lowest BCUT2D eigenvalue weighted by Crippen LogP contribution is -2.38. The molecule has 0 aromatic heterocycles. The number of rotatable bonds is 5. The molecule has 3 rings (SSSR count). The Kier molecular flexibility index (Phi) is 5.54. The van der Waals surface area contributed by atoms with Gasteiger partial charge < -0.3 is 10.0 Å². The minimum atomic E-state index is -0.680. The summed E-state index contributed by atoms with van der Waals surface area (Å²) in [4.78, 5) is 13.8. The number of allylic oxidation sites excluding steroid dienone is 1. The van der Waals surface area contributed by atoms with E-state index in [1.807, 2.05) is 12.1 Å². The van der Waals surface area contributed by atoms with Gasteiger partial charge in [0.15, 0.2) is 0 Å². The van der Waals surface area contributed by atoms with Gasteiger partial charge in [-0.25, -0.2) is 0 Å². The van der Waals surface area contributed by atoms with Crippen molar-refractivity contribution in [2.75, 3.05) is 13.1 Å². The molecule has 0 unspecified atom stereocenters. The number of hydrogen-bond donors (Lipinski definition) is 1. The van der Waals surface area contributed by atoms with E-state index in [2.05, 4.69) is 60.4 Å². The number of carboxylic acids is 1. The first kappa shape index (κ1) is 17.3. The average molecular weight is 335 g/mol. The Morgan fingerprint density at radius 3 is 2.08 bits per heavy atom. The van der Waals surface area contributed by atoms with Crippen molar-refractivity contribution in [1.82, 2.24) is 4.90 Å². The summed E-state index contributed by atoms with van der Waals surface area (Å²) in [6.07, 6.45) is 2.58. The molecule has 0 radical (unpaired) electrons. The number of carbonyl (C=O) groups is 1. The van der Waals surface area contributed by atoms with Crippen LogP contribution in [0.25, 0.3) is 5.57 Å². The largest absolute Gasteiger partial charge is 0.481 e. The Hall–Kier alpha value is -2.55. The Balaban J connectivity index is 2.08. The first-order valence-electron chi connectivity index (χ1n) is 9.02. The Labute approximate surface area is 149 Å². The molecule has 1 fully saturated rings. The molecule has 0 aliphatic carbocycles. The monoisotopic (exact) mass is 335 g/mol. The zero-order chi connectivity index (χ0) is 17.6. The summed E-state index contributed by atoms with van der Waals surface area (Å²) in [6.45, 7) is 3.68. The van der Waals surface area contributed by atoms with E-state index in [0.29, 0.717) is 6.54 Å². The lowest BCUT2D eigenvalue weighted by atomic mass is 9.92. The highest BCUT2D eigenvalue weighted by Gasteiger charge is 2.27. The zero-order valence-electron chi connectivity index (χ0n) is 14.7. The van der Waals surface area contributed by atoms with Crippen molar-refractivity contribution in [3.05, 3.63) is 77.5 Å². The number of aliphatic carboxylic acids is 1. The number of hydrogen-bond acceptors (Lipinski definition) is 2. The van der Waals surface area contributed by atoms with Gasteiger partial charge in [-0.1, -0.05) is 67.6 Å². The van der Waals surface area contributed by atoms with Crippen LogP contribution in [0.4, 0.5) is 0 Å². The molecule has 0 spiro atoms. The van der Waals surface area contributed by atoms with Gasteiger partial charge in [0.1, 0.15) is 0 Å². The third-order valence-corrected chi connectivity index (χ3v) is 4.90. The SMILES string of the molecule is CCC(=C(c1ccccc1)c1ccccc1)N1CCC[C@@H](C(=O)O)C1. The van der Waals surface area contributed by atoms with Crippen LogP contribution in [0.3, 0.4) is 0 Å². The molecule has 0 saturated carbocycles. The highest BCUT2D eigenvalue weighted by atomic mass is 16.4. The molecule has 3 heteroatoms. The lowest BCUT2D eigenvalue weighted by Gasteiger charge is -2.36. The van der Waals surface area contributed by atoms with Gasteiger partial charge >= 0.3 is 5.97 Å². The summed E-state index contributed by atoms with van der Waals surface area (Å²) in [5.74, 6) is -0.954. The number of piperidine rings is 1. The van der Waals surface area contributed by atoms with E-state index in [1.165, 1.54) is 22.4 Å². The van der Waals surface area contributed by atoms with Crippen LogP contribution in [0, 0.1) is 5.92 Å². The van der Waals surface area contributed by atoms with E-state index in [-0.39, 0.29) is 5.92 Å². The summed E-state index contributed by atoms with van der Waals surface area (Å²) in [5, 5.41) is 9.44. The first-order valence-corrected chi connectivity index (χ1v) is 9.02. The molecule has 2 aromatic carbocycles. The average Bonchev–Trinajstić information content (AvgIpc) is 2.67. The molecule has 1 aliphatic rings. The summed E-state index contributed by atoms with van der Waals surface area (Å²) >= 11 is 0. The molecule has 1 saturated heterocycles. The summed E-state index contributed by atoms with van der Waals surface area (Å²) in [5.41, 5.74) is 4.82. The maximum absolute atomic E-state index is 11.5. The van der Waals surface area contributed by atoms with Gasteiger partial charge in [-0.2, -0.15) is 0 Å². The summed E-state index contributed by atoms with van der Waals surface area (Å²) in [7, 11) is 0. The summed E-state index contributed by atoms with van der Waals surface area (Å²) in [6, 6.07) is 20.8. The van der Waals surface area contributed by atoms with Crippen molar-refractivity contribution < 1.29 is 9.90 Å². The van der Waals surface area contributed by atoms with Gasteiger partial charge in [-0.15, -0.1) is 0 Å². The van der Waals surface area contributed by atoms with Crippen molar-refractivity contribution in [2.45, 2.75) is 26.2 Å². The number of benzene rings is 2. The normalized spacial score (nSPS) is 17.2. The molecule has 25 heavy (non-hydrogen) atoms. The summed E-state index contributed by atoms with van der Waals surface area (Å²) < 4.78 is 0. The van der Waals surface area contributed by atoms with E-state index < -0.39 is 5.97 Å². The molecule has 1 N–H and O–H groups in total. The van der Waals surface area contributed by atoms with Gasteiger partial charge in [0.05, 0.1) is 5.92 Å². The second-order valence-corrected chi connectivity index (χ2v) is 6.53. The zero-order valence-corrected chi connectivity index (χ0v) is 14.7. The van der Waals surface area contributed by atoms with Crippen LogP contribution in [-0.2, 0) is 4.79 Å². The second-order valence-electron chi connectivity index (χ2n) is 6.53. The number of carboxylic acid groups (broad SMARTS) is 1. The van der Waals surface area contributed by atoms with Crippen LogP contribution in [0.15, 0.2) is 66.4 Å². The fourth-order valence-electron chi connectivity index (χ4n) is 3.69. The third-order valence-electron chi connectivity index (χ3n) is 4.90. The Morgan fingerprint density at radius 1 is 1.04 bits per heavy atom. The topological polar surface area (TPSA) is 40.5 Å². The molecular formula is C22H25NO2.